The molecule has 0 atom stereocenters. The number of hydrogen-bond acceptors (Lipinski definition) is 3. The van der Waals surface area contributed by atoms with Crippen molar-refractivity contribution in [1.29, 1.82) is 0 Å². The van der Waals surface area contributed by atoms with Crippen molar-refractivity contribution in [2.75, 3.05) is 6.61 Å². The van der Waals surface area contributed by atoms with Gasteiger partial charge in [-0.3, -0.25) is 4.79 Å². The molecule has 0 saturated carbocycles. The van der Waals surface area contributed by atoms with Crippen molar-refractivity contribution >= 4 is 5.91 Å². The van der Waals surface area contributed by atoms with Gasteiger partial charge in [0.1, 0.15) is 11.6 Å². The Labute approximate surface area is 105 Å². The number of aromatic hydroxyl groups is 1. The van der Waals surface area contributed by atoms with Crippen LogP contribution in [0.1, 0.15) is 37.0 Å². The highest BCUT2D eigenvalue weighted by Crippen LogP contribution is 2.20. The smallest absolute Gasteiger partial charge is 0.255 e. The first-order valence-electron chi connectivity index (χ1n) is 5.90. The van der Waals surface area contributed by atoms with Crippen molar-refractivity contribution in [3.63, 3.8) is 0 Å². The summed E-state index contributed by atoms with van der Waals surface area (Å²) in [7, 11) is 0. The van der Waals surface area contributed by atoms with E-state index in [-0.39, 0.29) is 17.9 Å². The number of amides is 1. The maximum absolute atomic E-state index is 13.0. The Morgan fingerprint density at radius 2 is 2.00 bits per heavy atom. The van der Waals surface area contributed by atoms with Gasteiger partial charge in [-0.1, -0.05) is 13.8 Å². The minimum absolute atomic E-state index is 0.130. The maximum Gasteiger partial charge on any atom is 0.255 e. The molecule has 0 heterocycles. The highest BCUT2D eigenvalue weighted by molar-refractivity contribution is 5.97. The summed E-state index contributed by atoms with van der Waals surface area (Å²) >= 11 is 0. The monoisotopic (exact) mass is 255 g/mol. The van der Waals surface area contributed by atoms with Gasteiger partial charge < -0.3 is 15.5 Å². The summed E-state index contributed by atoms with van der Waals surface area (Å²) in [4.78, 5) is 12.0. The molecule has 0 aliphatic heterocycles. The number of phenolic OH excluding ortho intramolecular Hbond substituents is 1. The number of halogens is 1. The Kier molecular flexibility index (Phi) is 4.67. The van der Waals surface area contributed by atoms with Gasteiger partial charge in [-0.25, -0.2) is 4.39 Å². The van der Waals surface area contributed by atoms with E-state index in [0.717, 1.165) is 18.2 Å². The molecule has 5 heteroatoms. The van der Waals surface area contributed by atoms with Crippen molar-refractivity contribution in [3.8, 4) is 5.75 Å². The molecule has 0 radical (unpaired) electrons. The van der Waals surface area contributed by atoms with Crippen LogP contribution < -0.4 is 5.32 Å². The van der Waals surface area contributed by atoms with Gasteiger partial charge in [0.15, 0.2) is 0 Å². The van der Waals surface area contributed by atoms with Crippen molar-refractivity contribution < 1.29 is 19.4 Å². The standard InChI is InChI=1S/C13H18FNO3/c1-3-13(4-2,8-16)15-12(18)10-7-9(14)5-6-11(10)17/h5-7,16-17H,3-4,8H2,1-2H3,(H,15,18). The van der Waals surface area contributed by atoms with Crippen LogP contribution >= 0.6 is 0 Å². The van der Waals surface area contributed by atoms with Gasteiger partial charge in [0.2, 0.25) is 0 Å². The molecule has 0 bridgehead atoms. The third-order valence-electron chi connectivity index (χ3n) is 3.24. The van der Waals surface area contributed by atoms with E-state index in [1.54, 1.807) is 0 Å². The Bertz CT molecular complexity index is 422. The molecule has 1 aromatic rings. The lowest BCUT2D eigenvalue weighted by Gasteiger charge is -2.30. The molecule has 0 aromatic heterocycles. The molecule has 0 aliphatic carbocycles. The summed E-state index contributed by atoms with van der Waals surface area (Å²) in [5.74, 6) is -1.47. The van der Waals surface area contributed by atoms with Gasteiger partial charge in [-0.15, -0.1) is 0 Å². The number of carbonyl (C=O) groups is 1. The van der Waals surface area contributed by atoms with Gasteiger partial charge in [0, 0.05) is 0 Å². The van der Waals surface area contributed by atoms with Crippen molar-refractivity contribution in [2.24, 2.45) is 0 Å². The molecule has 0 aliphatic rings. The normalized spacial score (nSPS) is 11.3. The average Bonchev–Trinajstić information content (AvgIpc) is 2.38. The molecule has 0 unspecified atom stereocenters. The van der Waals surface area contributed by atoms with Gasteiger partial charge in [-0.05, 0) is 31.0 Å². The molecule has 1 amide bonds. The van der Waals surface area contributed by atoms with E-state index in [1.165, 1.54) is 0 Å². The molecular formula is C13H18FNO3. The number of nitrogens with one attached hydrogen (secondary N) is 1. The molecule has 100 valence electrons. The van der Waals surface area contributed by atoms with Crippen LogP contribution in [0.4, 0.5) is 4.39 Å². The van der Waals surface area contributed by atoms with Crippen molar-refractivity contribution in [3.05, 3.63) is 29.6 Å². The summed E-state index contributed by atoms with van der Waals surface area (Å²) in [5, 5.41) is 21.5. The number of phenols is 1. The van der Waals surface area contributed by atoms with Gasteiger partial charge in [0.25, 0.3) is 5.91 Å². The maximum atomic E-state index is 13.0. The highest BCUT2D eigenvalue weighted by atomic mass is 19.1. The predicted molar refractivity (Wildman–Crippen MR) is 65.9 cm³/mol. The number of benzene rings is 1. The van der Waals surface area contributed by atoms with E-state index in [4.69, 9.17) is 0 Å². The third-order valence-corrected chi connectivity index (χ3v) is 3.24. The fourth-order valence-corrected chi connectivity index (χ4v) is 1.69. The Morgan fingerprint density at radius 3 is 2.50 bits per heavy atom. The van der Waals surface area contributed by atoms with E-state index in [2.05, 4.69) is 5.32 Å². The molecule has 0 fully saturated rings. The Hall–Kier alpha value is -1.62. The van der Waals surface area contributed by atoms with Crippen molar-refractivity contribution in [1.82, 2.24) is 5.32 Å². The molecular weight excluding hydrogens is 237 g/mol. The summed E-state index contributed by atoms with van der Waals surface area (Å²) in [6, 6.07) is 3.17. The minimum Gasteiger partial charge on any atom is -0.507 e. The second-order valence-electron chi connectivity index (χ2n) is 4.26. The largest absolute Gasteiger partial charge is 0.507 e. The van der Waals surface area contributed by atoms with Gasteiger partial charge in [-0.2, -0.15) is 0 Å². The number of carbonyl (C=O) groups excluding carboxylic acids is 1. The third kappa shape index (κ3) is 2.98. The Balaban J connectivity index is 2.97. The number of rotatable bonds is 5. The number of hydrogen-bond donors (Lipinski definition) is 3. The molecule has 0 saturated heterocycles. The second-order valence-corrected chi connectivity index (χ2v) is 4.26. The first-order valence-corrected chi connectivity index (χ1v) is 5.90. The van der Waals surface area contributed by atoms with Crippen LogP contribution in [0.2, 0.25) is 0 Å². The van der Waals surface area contributed by atoms with E-state index in [9.17, 15) is 19.4 Å². The fraction of sp³-hybridized carbons (Fsp3) is 0.462. The van der Waals surface area contributed by atoms with E-state index < -0.39 is 17.3 Å². The first-order chi connectivity index (χ1) is 8.48. The van der Waals surface area contributed by atoms with Gasteiger partial charge in [0.05, 0.1) is 17.7 Å². The summed E-state index contributed by atoms with van der Waals surface area (Å²) < 4.78 is 13.0. The number of aliphatic hydroxyl groups is 1. The van der Waals surface area contributed by atoms with Gasteiger partial charge >= 0.3 is 0 Å². The second kappa shape index (κ2) is 5.82. The SMILES string of the molecule is CCC(CC)(CO)NC(=O)c1cc(F)ccc1O. The topological polar surface area (TPSA) is 69.6 Å². The predicted octanol–water partition coefficient (Wildman–Crippen LogP) is 1.81. The summed E-state index contributed by atoms with van der Waals surface area (Å²) in [5.41, 5.74) is -0.870. The molecule has 18 heavy (non-hydrogen) atoms. The molecule has 0 spiro atoms. The van der Waals surface area contributed by atoms with E-state index >= 15 is 0 Å². The molecule has 1 aromatic carbocycles. The van der Waals surface area contributed by atoms with Crippen LogP contribution in [0.15, 0.2) is 18.2 Å². The van der Waals surface area contributed by atoms with Crippen LogP contribution in [-0.2, 0) is 0 Å². The lowest BCUT2D eigenvalue weighted by molar-refractivity contribution is 0.0814. The average molecular weight is 255 g/mol. The van der Waals surface area contributed by atoms with Crippen LogP contribution in [0, 0.1) is 5.82 Å². The Morgan fingerprint density at radius 1 is 1.39 bits per heavy atom. The van der Waals surface area contributed by atoms with Crippen LogP contribution in [0.25, 0.3) is 0 Å². The summed E-state index contributed by atoms with van der Waals surface area (Å²) in [6.07, 6.45) is 1.09. The van der Waals surface area contributed by atoms with Crippen molar-refractivity contribution in [2.45, 2.75) is 32.2 Å². The summed E-state index contributed by atoms with van der Waals surface area (Å²) in [6.45, 7) is 3.47. The highest BCUT2D eigenvalue weighted by Gasteiger charge is 2.28. The lowest BCUT2D eigenvalue weighted by atomic mass is 9.93. The number of aliphatic hydroxyl groups excluding tert-OH is 1. The van der Waals surface area contributed by atoms with Crippen LogP contribution in [-0.4, -0.2) is 28.3 Å². The fourth-order valence-electron chi connectivity index (χ4n) is 1.69. The van der Waals surface area contributed by atoms with E-state index in [1.807, 2.05) is 13.8 Å². The zero-order chi connectivity index (χ0) is 13.8. The zero-order valence-corrected chi connectivity index (χ0v) is 10.5. The minimum atomic E-state index is -0.740. The quantitative estimate of drug-likeness (QED) is 0.751. The lowest BCUT2D eigenvalue weighted by Crippen LogP contribution is -2.50. The van der Waals surface area contributed by atoms with E-state index in [0.29, 0.717) is 12.8 Å². The van der Waals surface area contributed by atoms with Crippen LogP contribution in [0.5, 0.6) is 5.75 Å². The zero-order valence-electron chi connectivity index (χ0n) is 10.5. The van der Waals surface area contributed by atoms with Crippen LogP contribution in [0.3, 0.4) is 0 Å². The molecule has 3 N–H and O–H groups in total. The molecule has 1 rings (SSSR count). The first kappa shape index (κ1) is 14.4. The molecule has 4 nitrogen and oxygen atoms in total.